The van der Waals surface area contributed by atoms with Crippen LogP contribution >= 0.6 is 0 Å². The summed E-state index contributed by atoms with van der Waals surface area (Å²) in [6.07, 6.45) is 7.79. The normalized spacial score (nSPS) is 25.3. The molecule has 7 heteroatoms. The number of hydrogen-bond acceptors (Lipinski definition) is 6. The average molecular weight is 328 g/mol. The standard InChI is InChI=1S/C17H24N6O/c24-17(15-11-19-21-20-15)6-3-7-22(13-17)12-14-4-5-16(18-10-14)23-8-1-2-9-23/h4-5,10-11,24H,1-3,6-9,12-13H2,(H,19,20,21). The maximum absolute atomic E-state index is 10.9. The van der Waals surface area contributed by atoms with Crippen LogP contribution in [0.2, 0.25) is 0 Å². The molecule has 2 aliphatic rings. The van der Waals surface area contributed by atoms with Crippen LogP contribution in [0.1, 0.15) is 36.9 Å². The Bertz CT molecular complexity index is 652. The SMILES string of the molecule is OC1(c2cn[nH]n2)CCCN(Cc2ccc(N3CCCC3)nc2)C1. The number of β-amino-alcohol motifs (C(OH)–C–C–N with tert-alkyl or cyclic N) is 1. The molecule has 0 saturated carbocycles. The number of aromatic amines is 1. The second-order valence-corrected chi connectivity index (χ2v) is 6.92. The summed E-state index contributed by atoms with van der Waals surface area (Å²) < 4.78 is 0. The molecule has 24 heavy (non-hydrogen) atoms. The van der Waals surface area contributed by atoms with E-state index in [1.165, 1.54) is 18.4 Å². The van der Waals surface area contributed by atoms with Gasteiger partial charge in [-0.25, -0.2) is 4.98 Å². The maximum atomic E-state index is 10.9. The molecular formula is C17H24N6O. The Kier molecular flexibility index (Phi) is 4.20. The minimum atomic E-state index is -0.909. The van der Waals surface area contributed by atoms with Crippen LogP contribution in [-0.2, 0) is 12.1 Å². The molecule has 0 aliphatic carbocycles. The summed E-state index contributed by atoms with van der Waals surface area (Å²) in [6.45, 7) is 4.58. The molecule has 128 valence electrons. The first kappa shape index (κ1) is 15.5. The summed E-state index contributed by atoms with van der Waals surface area (Å²) in [5.41, 5.74) is 0.908. The Morgan fingerprint density at radius 3 is 2.71 bits per heavy atom. The predicted octanol–water partition coefficient (Wildman–Crippen LogP) is 1.28. The van der Waals surface area contributed by atoms with Crippen molar-refractivity contribution in [2.75, 3.05) is 31.1 Å². The first-order valence-corrected chi connectivity index (χ1v) is 8.74. The van der Waals surface area contributed by atoms with E-state index in [9.17, 15) is 5.11 Å². The van der Waals surface area contributed by atoms with Gasteiger partial charge in [0, 0.05) is 32.4 Å². The van der Waals surface area contributed by atoms with Crippen LogP contribution in [0.15, 0.2) is 24.5 Å². The molecule has 4 rings (SSSR count). The Morgan fingerprint density at radius 2 is 2.00 bits per heavy atom. The molecule has 0 amide bonds. The van der Waals surface area contributed by atoms with Crippen molar-refractivity contribution in [2.45, 2.75) is 37.8 Å². The van der Waals surface area contributed by atoms with Gasteiger partial charge in [-0.1, -0.05) is 6.07 Å². The molecule has 0 aromatic carbocycles. The number of nitrogens with zero attached hydrogens (tertiary/aromatic N) is 5. The summed E-state index contributed by atoms with van der Waals surface area (Å²) in [4.78, 5) is 9.23. The fraction of sp³-hybridized carbons (Fsp3) is 0.588. The smallest absolute Gasteiger partial charge is 0.128 e. The zero-order valence-corrected chi connectivity index (χ0v) is 13.9. The second-order valence-electron chi connectivity index (χ2n) is 6.92. The van der Waals surface area contributed by atoms with Gasteiger partial charge in [0.1, 0.15) is 17.1 Å². The van der Waals surface area contributed by atoms with Crippen molar-refractivity contribution in [2.24, 2.45) is 0 Å². The highest BCUT2D eigenvalue weighted by Gasteiger charge is 2.37. The number of rotatable bonds is 4. The molecule has 0 radical (unpaired) electrons. The predicted molar refractivity (Wildman–Crippen MR) is 90.5 cm³/mol. The number of nitrogens with one attached hydrogen (secondary N) is 1. The van der Waals surface area contributed by atoms with E-state index in [0.29, 0.717) is 12.2 Å². The molecule has 2 fully saturated rings. The van der Waals surface area contributed by atoms with Gasteiger partial charge < -0.3 is 10.0 Å². The Hall–Kier alpha value is -1.99. The minimum Gasteiger partial charge on any atom is -0.382 e. The zero-order valence-electron chi connectivity index (χ0n) is 13.9. The van der Waals surface area contributed by atoms with Crippen LogP contribution in [0.5, 0.6) is 0 Å². The van der Waals surface area contributed by atoms with Gasteiger partial charge in [0.25, 0.3) is 0 Å². The summed E-state index contributed by atoms with van der Waals surface area (Å²) in [7, 11) is 0. The van der Waals surface area contributed by atoms with Gasteiger partial charge in [0.15, 0.2) is 0 Å². The number of aliphatic hydroxyl groups is 1. The number of pyridine rings is 1. The first-order valence-electron chi connectivity index (χ1n) is 8.74. The molecule has 0 bridgehead atoms. The molecule has 2 aromatic rings. The monoisotopic (exact) mass is 328 g/mol. The van der Waals surface area contributed by atoms with E-state index in [2.05, 4.69) is 42.3 Å². The van der Waals surface area contributed by atoms with Crippen molar-refractivity contribution in [1.82, 2.24) is 25.3 Å². The second kappa shape index (κ2) is 6.49. The molecule has 0 spiro atoms. The fourth-order valence-electron chi connectivity index (χ4n) is 3.79. The van der Waals surface area contributed by atoms with Gasteiger partial charge in [0.2, 0.25) is 0 Å². The number of H-pyrrole nitrogens is 1. The Labute approximate surface area is 141 Å². The van der Waals surface area contributed by atoms with Crippen molar-refractivity contribution >= 4 is 5.82 Å². The Balaban J connectivity index is 1.41. The van der Waals surface area contributed by atoms with E-state index in [0.717, 1.165) is 44.8 Å². The lowest BCUT2D eigenvalue weighted by Gasteiger charge is -2.38. The lowest BCUT2D eigenvalue weighted by molar-refractivity contribution is -0.0414. The molecule has 7 nitrogen and oxygen atoms in total. The van der Waals surface area contributed by atoms with E-state index < -0.39 is 5.60 Å². The van der Waals surface area contributed by atoms with Gasteiger partial charge in [-0.3, -0.25) is 4.90 Å². The molecule has 2 N–H and O–H groups in total. The van der Waals surface area contributed by atoms with E-state index in [4.69, 9.17) is 0 Å². The van der Waals surface area contributed by atoms with E-state index in [1.807, 2.05) is 6.20 Å². The van der Waals surface area contributed by atoms with Crippen LogP contribution in [0, 0.1) is 0 Å². The summed E-state index contributed by atoms with van der Waals surface area (Å²) in [5, 5.41) is 21.4. The van der Waals surface area contributed by atoms with Crippen LogP contribution in [0.3, 0.4) is 0 Å². The van der Waals surface area contributed by atoms with Crippen molar-refractivity contribution in [3.63, 3.8) is 0 Å². The molecule has 4 heterocycles. The molecular weight excluding hydrogens is 304 g/mol. The van der Waals surface area contributed by atoms with Crippen molar-refractivity contribution in [3.8, 4) is 0 Å². The van der Waals surface area contributed by atoms with Gasteiger partial charge in [0.05, 0.1) is 6.20 Å². The van der Waals surface area contributed by atoms with Crippen molar-refractivity contribution in [3.05, 3.63) is 35.8 Å². The molecule has 1 atom stereocenters. The van der Waals surface area contributed by atoms with Gasteiger partial charge in [-0.15, -0.1) is 0 Å². The van der Waals surface area contributed by atoms with Gasteiger partial charge in [-0.05, 0) is 43.9 Å². The quantitative estimate of drug-likeness (QED) is 0.880. The summed E-state index contributed by atoms with van der Waals surface area (Å²) in [6, 6.07) is 4.28. The number of hydrogen-bond donors (Lipinski definition) is 2. The molecule has 2 aliphatic heterocycles. The van der Waals surface area contributed by atoms with E-state index in [-0.39, 0.29) is 0 Å². The highest BCUT2D eigenvalue weighted by atomic mass is 16.3. The maximum Gasteiger partial charge on any atom is 0.128 e. The number of aromatic nitrogens is 4. The largest absolute Gasteiger partial charge is 0.382 e. The molecule has 2 saturated heterocycles. The number of likely N-dealkylation sites (tertiary alicyclic amines) is 1. The number of piperidine rings is 1. The first-order chi connectivity index (χ1) is 11.7. The molecule has 1 unspecified atom stereocenters. The molecule has 2 aromatic heterocycles. The van der Waals surface area contributed by atoms with Crippen LogP contribution in [0.25, 0.3) is 0 Å². The van der Waals surface area contributed by atoms with Crippen LogP contribution in [-0.4, -0.2) is 56.6 Å². The minimum absolute atomic E-state index is 0.577. The third kappa shape index (κ3) is 3.14. The van der Waals surface area contributed by atoms with Gasteiger partial charge >= 0.3 is 0 Å². The summed E-state index contributed by atoms with van der Waals surface area (Å²) >= 11 is 0. The zero-order chi connectivity index (χ0) is 16.4. The Morgan fingerprint density at radius 1 is 1.12 bits per heavy atom. The van der Waals surface area contributed by atoms with E-state index in [1.54, 1.807) is 6.20 Å². The highest BCUT2D eigenvalue weighted by molar-refractivity contribution is 5.40. The lowest BCUT2D eigenvalue weighted by Crippen LogP contribution is -2.45. The van der Waals surface area contributed by atoms with Crippen molar-refractivity contribution in [1.29, 1.82) is 0 Å². The third-order valence-electron chi connectivity index (χ3n) is 5.09. The van der Waals surface area contributed by atoms with Gasteiger partial charge in [-0.2, -0.15) is 15.4 Å². The third-order valence-corrected chi connectivity index (χ3v) is 5.09. The topological polar surface area (TPSA) is 81.2 Å². The highest BCUT2D eigenvalue weighted by Crippen LogP contribution is 2.30. The number of anilines is 1. The fourth-order valence-corrected chi connectivity index (χ4v) is 3.79. The lowest BCUT2D eigenvalue weighted by atomic mass is 9.90. The van der Waals surface area contributed by atoms with E-state index >= 15 is 0 Å². The summed E-state index contributed by atoms with van der Waals surface area (Å²) in [5.74, 6) is 1.08. The van der Waals surface area contributed by atoms with Crippen LogP contribution < -0.4 is 4.90 Å². The average Bonchev–Trinajstić information content (AvgIpc) is 3.30. The van der Waals surface area contributed by atoms with Crippen LogP contribution in [0.4, 0.5) is 5.82 Å². The van der Waals surface area contributed by atoms with Crippen molar-refractivity contribution < 1.29 is 5.11 Å².